The van der Waals surface area contributed by atoms with E-state index in [0.717, 1.165) is 6.42 Å². The lowest BCUT2D eigenvalue weighted by Crippen LogP contribution is -2.30. The Morgan fingerprint density at radius 2 is 1.55 bits per heavy atom. The lowest BCUT2D eigenvalue weighted by atomic mass is 9.87. The van der Waals surface area contributed by atoms with Gasteiger partial charge in [-0.15, -0.1) is 0 Å². The van der Waals surface area contributed by atoms with Crippen LogP contribution in [0.15, 0.2) is 36.4 Å². The van der Waals surface area contributed by atoms with E-state index in [1.807, 2.05) is 24.3 Å². The standard InChI is InChI=1S/C26H39NO2/c1-5-6-7-8-9-10-11-12-13-14-15-21-20-24(28)27(25(21)29)23-18-16-22(17-19-23)26(2,3)4/h13-14,16-19,21H,5-12,15,20H2,1-4H3/b14-13+/t21-/m1/s1. The van der Waals surface area contributed by atoms with Gasteiger partial charge in [0.2, 0.25) is 11.8 Å². The molecule has 1 aliphatic heterocycles. The van der Waals surface area contributed by atoms with Crippen LogP contribution in [-0.4, -0.2) is 11.8 Å². The van der Waals surface area contributed by atoms with Crippen molar-refractivity contribution >= 4 is 17.5 Å². The molecule has 0 N–H and O–H groups in total. The number of allylic oxidation sites excluding steroid dienone is 2. The number of anilines is 1. The maximum absolute atomic E-state index is 12.8. The van der Waals surface area contributed by atoms with E-state index >= 15 is 0 Å². The molecule has 0 bridgehead atoms. The van der Waals surface area contributed by atoms with Gasteiger partial charge < -0.3 is 0 Å². The summed E-state index contributed by atoms with van der Waals surface area (Å²) in [6.07, 6.45) is 15.5. The summed E-state index contributed by atoms with van der Waals surface area (Å²) >= 11 is 0. The second kappa shape index (κ2) is 11.3. The Bertz CT molecular complexity index is 682. The van der Waals surface area contributed by atoms with Crippen LogP contribution in [0.4, 0.5) is 5.69 Å². The summed E-state index contributed by atoms with van der Waals surface area (Å²) in [4.78, 5) is 26.6. The predicted octanol–water partition coefficient (Wildman–Crippen LogP) is 6.95. The summed E-state index contributed by atoms with van der Waals surface area (Å²) in [7, 11) is 0. The van der Waals surface area contributed by atoms with Crippen molar-refractivity contribution in [2.24, 2.45) is 5.92 Å². The molecule has 1 fully saturated rings. The van der Waals surface area contributed by atoms with E-state index < -0.39 is 0 Å². The molecule has 29 heavy (non-hydrogen) atoms. The van der Waals surface area contributed by atoms with Gasteiger partial charge in [0.15, 0.2) is 0 Å². The molecule has 1 atom stereocenters. The van der Waals surface area contributed by atoms with E-state index in [4.69, 9.17) is 0 Å². The summed E-state index contributed by atoms with van der Waals surface area (Å²) in [5.41, 5.74) is 1.95. The van der Waals surface area contributed by atoms with Crippen LogP contribution < -0.4 is 4.90 Å². The van der Waals surface area contributed by atoms with Crippen molar-refractivity contribution in [2.45, 2.75) is 97.3 Å². The smallest absolute Gasteiger partial charge is 0.237 e. The third kappa shape index (κ3) is 7.13. The van der Waals surface area contributed by atoms with Gasteiger partial charge in [0.05, 0.1) is 11.6 Å². The fourth-order valence-electron chi connectivity index (χ4n) is 3.86. The third-order valence-electron chi connectivity index (χ3n) is 5.79. The molecular formula is C26H39NO2. The first-order valence-electron chi connectivity index (χ1n) is 11.5. The molecule has 3 heteroatoms. The fourth-order valence-corrected chi connectivity index (χ4v) is 3.86. The first kappa shape index (κ1) is 23.4. The van der Waals surface area contributed by atoms with Gasteiger partial charge in [-0.25, -0.2) is 0 Å². The van der Waals surface area contributed by atoms with Gasteiger partial charge in [-0.05, 0) is 42.4 Å². The summed E-state index contributed by atoms with van der Waals surface area (Å²) in [6.45, 7) is 8.71. The molecule has 2 rings (SSSR count). The average Bonchev–Trinajstić information content (AvgIpc) is 2.96. The zero-order valence-electron chi connectivity index (χ0n) is 18.9. The number of hydrogen-bond donors (Lipinski definition) is 0. The third-order valence-corrected chi connectivity index (χ3v) is 5.79. The van der Waals surface area contributed by atoms with Gasteiger partial charge in [-0.3, -0.25) is 14.5 Å². The number of imide groups is 1. The van der Waals surface area contributed by atoms with Gasteiger partial charge >= 0.3 is 0 Å². The van der Waals surface area contributed by atoms with Gasteiger partial charge in [-0.1, -0.05) is 90.5 Å². The lowest BCUT2D eigenvalue weighted by Gasteiger charge is -2.21. The van der Waals surface area contributed by atoms with Gasteiger partial charge in [-0.2, -0.15) is 0 Å². The van der Waals surface area contributed by atoms with Crippen LogP contribution in [0.3, 0.4) is 0 Å². The quantitative estimate of drug-likeness (QED) is 0.230. The number of benzene rings is 1. The number of unbranched alkanes of at least 4 members (excludes halogenated alkanes) is 7. The highest BCUT2D eigenvalue weighted by Gasteiger charge is 2.38. The van der Waals surface area contributed by atoms with Crippen molar-refractivity contribution in [3.8, 4) is 0 Å². The molecule has 2 amide bonds. The van der Waals surface area contributed by atoms with E-state index in [9.17, 15) is 9.59 Å². The predicted molar refractivity (Wildman–Crippen MR) is 122 cm³/mol. The Hall–Kier alpha value is -1.90. The molecule has 1 aromatic carbocycles. The minimum absolute atomic E-state index is 0.0559. The molecule has 0 saturated carbocycles. The highest BCUT2D eigenvalue weighted by atomic mass is 16.2. The van der Waals surface area contributed by atoms with Crippen LogP contribution in [0.2, 0.25) is 0 Å². The second-order valence-electron chi connectivity index (χ2n) is 9.38. The Kier molecular flexibility index (Phi) is 9.13. The van der Waals surface area contributed by atoms with Crippen molar-refractivity contribution in [1.82, 2.24) is 0 Å². The normalized spacial score (nSPS) is 17.7. The van der Waals surface area contributed by atoms with Gasteiger partial charge in [0.25, 0.3) is 0 Å². The van der Waals surface area contributed by atoms with Gasteiger partial charge in [0.1, 0.15) is 0 Å². The summed E-state index contributed by atoms with van der Waals surface area (Å²) in [6, 6.07) is 7.83. The van der Waals surface area contributed by atoms with Crippen LogP contribution >= 0.6 is 0 Å². The molecule has 0 unspecified atom stereocenters. The largest absolute Gasteiger partial charge is 0.274 e. The van der Waals surface area contributed by atoms with Crippen LogP contribution in [0.1, 0.15) is 97.5 Å². The van der Waals surface area contributed by atoms with Crippen molar-refractivity contribution < 1.29 is 9.59 Å². The zero-order chi connectivity index (χ0) is 21.3. The van der Waals surface area contributed by atoms with E-state index in [1.54, 1.807) is 0 Å². The topological polar surface area (TPSA) is 37.4 Å². The van der Waals surface area contributed by atoms with E-state index in [-0.39, 0.29) is 23.1 Å². The van der Waals surface area contributed by atoms with Crippen LogP contribution in [0.5, 0.6) is 0 Å². The van der Waals surface area contributed by atoms with Crippen LogP contribution in [0, 0.1) is 5.92 Å². The molecule has 0 spiro atoms. The van der Waals surface area contributed by atoms with E-state index in [2.05, 4.69) is 39.8 Å². The van der Waals surface area contributed by atoms with Crippen LogP contribution in [-0.2, 0) is 15.0 Å². The Balaban J connectivity index is 1.77. The van der Waals surface area contributed by atoms with Crippen molar-refractivity contribution in [3.05, 3.63) is 42.0 Å². The van der Waals surface area contributed by atoms with E-state index in [1.165, 1.54) is 55.4 Å². The highest BCUT2D eigenvalue weighted by molar-refractivity contribution is 6.20. The Morgan fingerprint density at radius 3 is 2.17 bits per heavy atom. The minimum Gasteiger partial charge on any atom is -0.274 e. The Morgan fingerprint density at radius 1 is 0.931 bits per heavy atom. The monoisotopic (exact) mass is 397 g/mol. The first-order valence-corrected chi connectivity index (χ1v) is 11.5. The minimum atomic E-state index is -0.213. The van der Waals surface area contributed by atoms with E-state index in [0.29, 0.717) is 18.5 Å². The van der Waals surface area contributed by atoms with Crippen molar-refractivity contribution in [3.63, 3.8) is 0 Å². The number of hydrogen-bond acceptors (Lipinski definition) is 2. The second-order valence-corrected chi connectivity index (χ2v) is 9.38. The summed E-state index contributed by atoms with van der Waals surface area (Å²) in [5, 5.41) is 0. The SMILES string of the molecule is CCCCCCCCC/C=C/C[C@@H]1CC(=O)N(c2ccc(C(C)(C)C)cc2)C1=O. The summed E-state index contributed by atoms with van der Waals surface area (Å²) < 4.78 is 0. The highest BCUT2D eigenvalue weighted by Crippen LogP contribution is 2.31. The number of rotatable bonds is 11. The number of nitrogens with zero attached hydrogens (tertiary/aromatic N) is 1. The molecule has 160 valence electrons. The van der Waals surface area contributed by atoms with Crippen molar-refractivity contribution in [1.29, 1.82) is 0 Å². The average molecular weight is 398 g/mol. The van der Waals surface area contributed by atoms with Crippen LogP contribution in [0.25, 0.3) is 0 Å². The Labute approximate surface area is 177 Å². The lowest BCUT2D eigenvalue weighted by molar-refractivity contribution is -0.122. The molecule has 3 nitrogen and oxygen atoms in total. The number of carbonyl (C=O) groups excluding carboxylic acids is 2. The molecular weight excluding hydrogens is 358 g/mol. The molecule has 1 aromatic rings. The van der Waals surface area contributed by atoms with Gasteiger partial charge in [0, 0.05) is 6.42 Å². The first-order chi connectivity index (χ1) is 13.8. The molecule has 0 aromatic heterocycles. The molecule has 1 heterocycles. The molecule has 0 radical (unpaired) electrons. The maximum Gasteiger partial charge on any atom is 0.237 e. The number of carbonyl (C=O) groups is 2. The fraction of sp³-hybridized carbons (Fsp3) is 0.615. The summed E-state index contributed by atoms with van der Waals surface area (Å²) in [5.74, 6) is -0.349. The zero-order valence-corrected chi connectivity index (χ0v) is 18.9. The maximum atomic E-state index is 12.8. The molecule has 1 aliphatic rings. The molecule has 1 saturated heterocycles. The van der Waals surface area contributed by atoms with Crippen molar-refractivity contribution in [2.75, 3.05) is 4.90 Å². The number of amides is 2. The molecule has 0 aliphatic carbocycles.